The van der Waals surface area contributed by atoms with Crippen LogP contribution in [0.3, 0.4) is 0 Å². The fourth-order valence-electron chi connectivity index (χ4n) is 0.664. The van der Waals surface area contributed by atoms with Crippen LogP contribution >= 0.6 is 0 Å². The molecule has 11 heavy (non-hydrogen) atoms. The highest BCUT2D eigenvalue weighted by atomic mass is 32.1. The lowest BCUT2D eigenvalue weighted by molar-refractivity contribution is -0.116. The van der Waals surface area contributed by atoms with Crippen molar-refractivity contribution in [1.82, 2.24) is 0 Å². The Hall–Kier alpha value is -0.440. The number of ketones is 1. The van der Waals surface area contributed by atoms with Crippen LogP contribution < -0.4 is 0 Å². The van der Waals surface area contributed by atoms with Gasteiger partial charge >= 0.3 is 0 Å². The highest BCUT2D eigenvalue weighted by Crippen LogP contribution is 2.10. The van der Waals surface area contributed by atoms with Crippen LogP contribution in [0, 0.1) is 11.8 Å². The summed E-state index contributed by atoms with van der Waals surface area (Å²) < 4.78 is 10.3. The summed E-state index contributed by atoms with van der Waals surface area (Å²) >= 11 is 0.296. The molecule has 0 N–H and O–H groups in total. The summed E-state index contributed by atoms with van der Waals surface area (Å²) in [4.78, 5) is 11.6. The van der Waals surface area contributed by atoms with E-state index in [4.69, 9.17) is 0 Å². The molecule has 0 aromatic heterocycles. The first-order valence-electron chi connectivity index (χ1n) is 3.68. The van der Waals surface area contributed by atoms with E-state index in [0.717, 1.165) is 0 Å². The SMILES string of the molecule is CC(=S=O)C(=O)C(C)C(C)C. The van der Waals surface area contributed by atoms with Gasteiger partial charge in [0.15, 0.2) is 5.78 Å². The molecule has 0 aliphatic rings. The second kappa shape index (κ2) is 4.44. The lowest BCUT2D eigenvalue weighted by Crippen LogP contribution is -2.23. The molecule has 0 aliphatic heterocycles. The van der Waals surface area contributed by atoms with E-state index >= 15 is 0 Å². The zero-order valence-corrected chi connectivity index (χ0v) is 8.20. The molecule has 3 heteroatoms. The van der Waals surface area contributed by atoms with Crippen LogP contribution in [0.5, 0.6) is 0 Å². The highest BCUT2D eigenvalue weighted by Gasteiger charge is 2.18. The smallest absolute Gasteiger partial charge is 0.174 e. The summed E-state index contributed by atoms with van der Waals surface area (Å²) in [7, 11) is 0. The zero-order chi connectivity index (χ0) is 9.02. The van der Waals surface area contributed by atoms with Crippen LogP contribution in [0.2, 0.25) is 0 Å². The van der Waals surface area contributed by atoms with Crippen molar-refractivity contribution in [2.75, 3.05) is 0 Å². The van der Waals surface area contributed by atoms with Crippen molar-refractivity contribution in [2.24, 2.45) is 11.8 Å². The molecule has 0 aliphatic carbocycles. The molecule has 0 radical (unpaired) electrons. The van der Waals surface area contributed by atoms with E-state index in [9.17, 15) is 9.00 Å². The molecule has 0 bridgehead atoms. The summed E-state index contributed by atoms with van der Waals surface area (Å²) in [5.41, 5.74) is 0. The normalized spacial score (nSPS) is 12.8. The van der Waals surface area contributed by atoms with Gasteiger partial charge in [-0.3, -0.25) is 4.79 Å². The Balaban J connectivity index is 4.38. The van der Waals surface area contributed by atoms with Crippen molar-refractivity contribution in [3.05, 3.63) is 0 Å². The standard InChI is InChI=1S/C8H14O2S/c1-5(2)6(3)8(9)7(4)11-10/h5-6H,1-4H3. The minimum absolute atomic E-state index is 0.0139. The molecule has 0 aromatic rings. The molecule has 0 saturated carbocycles. The Morgan fingerprint density at radius 2 is 1.73 bits per heavy atom. The molecular weight excluding hydrogens is 160 g/mol. The molecule has 0 heterocycles. The van der Waals surface area contributed by atoms with Crippen LogP contribution in [-0.2, 0) is 16.1 Å². The fourth-order valence-corrected chi connectivity index (χ4v) is 0.932. The Kier molecular flexibility index (Phi) is 4.26. The number of Topliss-reactive ketones (excluding diaryl/α,β-unsaturated/α-hetero) is 1. The van der Waals surface area contributed by atoms with E-state index < -0.39 is 0 Å². The molecule has 0 amide bonds. The van der Waals surface area contributed by atoms with E-state index in [1.165, 1.54) is 0 Å². The molecule has 0 aromatic carbocycles. The summed E-state index contributed by atoms with van der Waals surface area (Å²) in [6, 6.07) is 0. The number of hydrogen-bond acceptors (Lipinski definition) is 2. The maximum absolute atomic E-state index is 11.3. The number of hydrogen-bond donors (Lipinski definition) is 0. The van der Waals surface area contributed by atoms with Gasteiger partial charge in [0.1, 0.15) is 0 Å². The molecule has 64 valence electrons. The number of carbonyl (C=O) groups excluding carboxylic acids is 1. The van der Waals surface area contributed by atoms with E-state index in [2.05, 4.69) is 0 Å². The van der Waals surface area contributed by atoms with Crippen LogP contribution in [0.15, 0.2) is 0 Å². The Morgan fingerprint density at radius 3 is 2.00 bits per heavy atom. The Labute approximate surface area is 71.1 Å². The van der Waals surface area contributed by atoms with Crippen LogP contribution in [0.4, 0.5) is 0 Å². The second-order valence-electron chi connectivity index (χ2n) is 3.04. The topological polar surface area (TPSA) is 34.1 Å². The van der Waals surface area contributed by atoms with Gasteiger partial charge in [0.05, 0.1) is 16.1 Å². The predicted molar refractivity (Wildman–Crippen MR) is 47.8 cm³/mol. The summed E-state index contributed by atoms with van der Waals surface area (Å²) in [5, 5.41) is 0. The molecule has 1 unspecified atom stereocenters. The van der Waals surface area contributed by atoms with Crippen molar-refractivity contribution < 1.29 is 9.00 Å². The quantitative estimate of drug-likeness (QED) is 0.603. The van der Waals surface area contributed by atoms with Gasteiger partial charge in [-0.2, -0.15) is 0 Å². The Bertz CT molecular complexity index is 202. The van der Waals surface area contributed by atoms with E-state index in [1.54, 1.807) is 6.92 Å². The largest absolute Gasteiger partial charge is 0.293 e. The molecule has 0 rings (SSSR count). The lowest BCUT2D eigenvalue weighted by atomic mass is 9.92. The van der Waals surface area contributed by atoms with Gasteiger partial charge in [0.2, 0.25) is 0 Å². The van der Waals surface area contributed by atoms with Gasteiger partial charge < -0.3 is 0 Å². The molecular formula is C8H14O2S. The third-order valence-electron chi connectivity index (χ3n) is 1.89. The fraction of sp³-hybridized carbons (Fsp3) is 0.750. The van der Waals surface area contributed by atoms with Crippen molar-refractivity contribution in [3.8, 4) is 0 Å². The first-order valence-corrected chi connectivity index (χ1v) is 4.42. The zero-order valence-electron chi connectivity index (χ0n) is 7.38. The van der Waals surface area contributed by atoms with Gasteiger partial charge in [-0.15, -0.1) is 0 Å². The van der Waals surface area contributed by atoms with Crippen LogP contribution in [0.1, 0.15) is 27.7 Å². The van der Waals surface area contributed by atoms with Gasteiger partial charge in [0.25, 0.3) is 0 Å². The monoisotopic (exact) mass is 174 g/mol. The van der Waals surface area contributed by atoms with Gasteiger partial charge in [-0.25, -0.2) is 4.21 Å². The summed E-state index contributed by atoms with van der Waals surface area (Å²) in [6.07, 6.45) is 0. The third kappa shape index (κ3) is 2.97. The number of carbonyl (C=O) groups is 1. The van der Waals surface area contributed by atoms with Crippen LogP contribution in [0.25, 0.3) is 0 Å². The molecule has 1 atom stereocenters. The second-order valence-corrected chi connectivity index (χ2v) is 3.82. The minimum Gasteiger partial charge on any atom is -0.293 e. The molecule has 0 fully saturated rings. The van der Waals surface area contributed by atoms with Crippen LogP contribution in [-0.4, -0.2) is 14.9 Å². The van der Waals surface area contributed by atoms with Gasteiger partial charge in [0, 0.05) is 5.92 Å². The highest BCUT2D eigenvalue weighted by molar-refractivity contribution is 7.68. The van der Waals surface area contributed by atoms with E-state index in [0.29, 0.717) is 22.0 Å². The van der Waals surface area contributed by atoms with Gasteiger partial charge in [-0.1, -0.05) is 20.8 Å². The average molecular weight is 174 g/mol. The van der Waals surface area contributed by atoms with E-state index in [-0.39, 0.29) is 11.7 Å². The Morgan fingerprint density at radius 1 is 1.27 bits per heavy atom. The summed E-state index contributed by atoms with van der Waals surface area (Å²) in [5.74, 6) is 0.265. The van der Waals surface area contributed by atoms with E-state index in [1.807, 2.05) is 20.8 Å². The summed E-state index contributed by atoms with van der Waals surface area (Å²) in [6.45, 7) is 7.39. The molecule has 0 saturated heterocycles. The third-order valence-corrected chi connectivity index (χ3v) is 2.34. The van der Waals surface area contributed by atoms with Gasteiger partial charge in [-0.05, 0) is 12.8 Å². The first kappa shape index (κ1) is 10.6. The molecule has 2 nitrogen and oxygen atoms in total. The van der Waals surface area contributed by atoms with Crippen molar-refractivity contribution in [2.45, 2.75) is 27.7 Å². The minimum atomic E-state index is -0.0311. The average Bonchev–Trinajstić information content (AvgIpc) is 2.00. The molecule has 0 spiro atoms. The predicted octanol–water partition coefficient (Wildman–Crippen LogP) is 1.25. The van der Waals surface area contributed by atoms with Crippen molar-refractivity contribution in [1.29, 1.82) is 0 Å². The number of rotatable bonds is 3. The first-order chi connectivity index (χ1) is 5.00. The maximum atomic E-state index is 11.3. The van der Waals surface area contributed by atoms with Crippen molar-refractivity contribution in [3.63, 3.8) is 0 Å². The van der Waals surface area contributed by atoms with Crippen molar-refractivity contribution >= 4 is 21.9 Å². The maximum Gasteiger partial charge on any atom is 0.174 e. The lowest BCUT2D eigenvalue weighted by Gasteiger charge is -2.12.